The summed E-state index contributed by atoms with van der Waals surface area (Å²) in [5.74, 6) is 0.555. The molecule has 0 aromatic heterocycles. The summed E-state index contributed by atoms with van der Waals surface area (Å²) in [5.41, 5.74) is 9.69. The number of benzene rings is 1. The summed E-state index contributed by atoms with van der Waals surface area (Å²) in [6.45, 7) is 7.37. The van der Waals surface area contributed by atoms with Crippen molar-refractivity contribution >= 4 is 5.57 Å². The van der Waals surface area contributed by atoms with Crippen LogP contribution in [0.25, 0.3) is 5.57 Å². The largest absolute Gasteiger partial charge is 0.330 e. The average molecular weight is 217 g/mol. The van der Waals surface area contributed by atoms with Crippen LogP contribution in [0.15, 0.2) is 30.3 Å². The van der Waals surface area contributed by atoms with Crippen LogP contribution in [0.3, 0.4) is 0 Å². The van der Waals surface area contributed by atoms with Gasteiger partial charge in [-0.15, -0.1) is 0 Å². The van der Waals surface area contributed by atoms with Gasteiger partial charge in [0.05, 0.1) is 0 Å². The first-order valence-electron chi connectivity index (χ1n) is 6.18. The molecule has 88 valence electrons. The second kappa shape index (κ2) is 6.49. The summed E-state index contributed by atoms with van der Waals surface area (Å²) in [5, 5.41) is 0. The molecule has 0 unspecified atom stereocenters. The Bertz CT molecular complexity index is 333. The van der Waals surface area contributed by atoms with Crippen molar-refractivity contribution in [2.75, 3.05) is 6.54 Å². The normalized spacial score (nSPS) is 12.2. The zero-order valence-corrected chi connectivity index (χ0v) is 10.7. The van der Waals surface area contributed by atoms with E-state index >= 15 is 0 Å². The lowest BCUT2D eigenvalue weighted by molar-refractivity contribution is 0.846. The van der Waals surface area contributed by atoms with Crippen molar-refractivity contribution in [2.24, 2.45) is 11.7 Å². The van der Waals surface area contributed by atoms with Gasteiger partial charge >= 0.3 is 0 Å². The highest BCUT2D eigenvalue weighted by Gasteiger charge is 2.05. The van der Waals surface area contributed by atoms with Crippen LogP contribution in [0.4, 0.5) is 0 Å². The highest BCUT2D eigenvalue weighted by atomic mass is 14.5. The van der Waals surface area contributed by atoms with Crippen LogP contribution in [0.1, 0.15) is 38.3 Å². The highest BCUT2D eigenvalue weighted by Crippen LogP contribution is 2.23. The summed E-state index contributed by atoms with van der Waals surface area (Å²) in [6, 6.07) is 8.88. The van der Waals surface area contributed by atoms with Crippen LogP contribution in [0.5, 0.6) is 0 Å². The Hall–Kier alpha value is -1.08. The first-order valence-corrected chi connectivity index (χ1v) is 6.18. The molecule has 0 aliphatic heterocycles. The molecule has 1 aromatic carbocycles. The molecule has 0 saturated heterocycles. The molecule has 0 bridgehead atoms. The molecule has 0 atom stereocenters. The Morgan fingerprint density at radius 3 is 2.31 bits per heavy atom. The van der Waals surface area contributed by atoms with Crippen molar-refractivity contribution in [2.45, 2.75) is 33.6 Å². The predicted molar refractivity (Wildman–Crippen MR) is 72.3 cm³/mol. The SMILES string of the molecule is CCc1ccc(/C(=C/CCN)C(C)C)cc1. The van der Waals surface area contributed by atoms with Gasteiger partial charge in [-0.2, -0.15) is 0 Å². The summed E-state index contributed by atoms with van der Waals surface area (Å²) in [6.07, 6.45) is 4.33. The maximum absolute atomic E-state index is 5.56. The van der Waals surface area contributed by atoms with E-state index in [1.54, 1.807) is 0 Å². The van der Waals surface area contributed by atoms with Crippen molar-refractivity contribution in [3.63, 3.8) is 0 Å². The predicted octanol–water partition coefficient (Wildman–Crippen LogP) is 3.64. The second-order valence-corrected chi connectivity index (χ2v) is 4.44. The summed E-state index contributed by atoms with van der Waals surface area (Å²) in [4.78, 5) is 0. The van der Waals surface area contributed by atoms with Crippen molar-refractivity contribution in [1.29, 1.82) is 0 Å². The van der Waals surface area contributed by atoms with Gasteiger partial charge in [-0.25, -0.2) is 0 Å². The van der Waals surface area contributed by atoms with Crippen LogP contribution < -0.4 is 5.73 Å². The molecule has 0 aliphatic rings. The number of allylic oxidation sites excluding steroid dienone is 1. The topological polar surface area (TPSA) is 26.0 Å². The van der Waals surface area contributed by atoms with E-state index in [0.717, 1.165) is 19.4 Å². The zero-order chi connectivity index (χ0) is 12.0. The summed E-state index contributed by atoms with van der Waals surface area (Å²) in [7, 11) is 0. The Morgan fingerprint density at radius 1 is 1.25 bits per heavy atom. The molecule has 0 amide bonds. The Labute approximate surface area is 99.4 Å². The van der Waals surface area contributed by atoms with Gasteiger partial charge in [0.15, 0.2) is 0 Å². The van der Waals surface area contributed by atoms with Gasteiger partial charge in [-0.1, -0.05) is 51.1 Å². The molecule has 1 rings (SSSR count). The minimum absolute atomic E-state index is 0.555. The lowest BCUT2D eigenvalue weighted by atomic mass is 9.93. The lowest BCUT2D eigenvalue weighted by Crippen LogP contribution is -1.99. The van der Waals surface area contributed by atoms with Crippen molar-refractivity contribution in [3.8, 4) is 0 Å². The molecule has 0 heterocycles. The number of aryl methyl sites for hydroxylation is 1. The number of rotatable bonds is 5. The van der Waals surface area contributed by atoms with Crippen LogP contribution in [-0.2, 0) is 6.42 Å². The maximum atomic E-state index is 5.56. The van der Waals surface area contributed by atoms with E-state index in [1.807, 2.05) is 0 Å². The smallest absolute Gasteiger partial charge is 0.00424 e. The summed E-state index contributed by atoms with van der Waals surface area (Å²) < 4.78 is 0. The first-order chi connectivity index (χ1) is 7.69. The van der Waals surface area contributed by atoms with Gasteiger partial charge < -0.3 is 5.73 Å². The van der Waals surface area contributed by atoms with Gasteiger partial charge in [0.25, 0.3) is 0 Å². The fraction of sp³-hybridized carbons (Fsp3) is 0.467. The summed E-state index contributed by atoms with van der Waals surface area (Å²) >= 11 is 0. The van der Waals surface area contributed by atoms with Crippen molar-refractivity contribution < 1.29 is 0 Å². The van der Waals surface area contributed by atoms with E-state index in [4.69, 9.17) is 5.73 Å². The van der Waals surface area contributed by atoms with Gasteiger partial charge in [-0.3, -0.25) is 0 Å². The Kier molecular flexibility index (Phi) is 5.27. The molecule has 0 aliphatic carbocycles. The molecular formula is C15H23N. The van der Waals surface area contributed by atoms with Crippen molar-refractivity contribution in [1.82, 2.24) is 0 Å². The average Bonchev–Trinajstić information content (AvgIpc) is 2.30. The van der Waals surface area contributed by atoms with Gasteiger partial charge in [0.2, 0.25) is 0 Å². The minimum Gasteiger partial charge on any atom is -0.330 e. The molecule has 1 aromatic rings. The number of hydrogen-bond acceptors (Lipinski definition) is 1. The van der Waals surface area contributed by atoms with E-state index in [9.17, 15) is 0 Å². The quantitative estimate of drug-likeness (QED) is 0.800. The van der Waals surface area contributed by atoms with E-state index < -0.39 is 0 Å². The molecule has 0 spiro atoms. The fourth-order valence-corrected chi connectivity index (χ4v) is 1.86. The van der Waals surface area contributed by atoms with Gasteiger partial charge in [0, 0.05) is 0 Å². The minimum atomic E-state index is 0.555. The molecule has 0 radical (unpaired) electrons. The van der Waals surface area contributed by atoms with Crippen molar-refractivity contribution in [3.05, 3.63) is 41.5 Å². The molecule has 0 saturated carbocycles. The van der Waals surface area contributed by atoms with E-state index in [1.165, 1.54) is 16.7 Å². The molecule has 1 nitrogen and oxygen atoms in total. The second-order valence-electron chi connectivity index (χ2n) is 4.44. The zero-order valence-electron chi connectivity index (χ0n) is 10.7. The third kappa shape index (κ3) is 3.49. The third-order valence-corrected chi connectivity index (χ3v) is 2.85. The molecule has 2 N–H and O–H groups in total. The van der Waals surface area contributed by atoms with Crippen LogP contribution in [-0.4, -0.2) is 6.54 Å². The monoisotopic (exact) mass is 217 g/mol. The van der Waals surface area contributed by atoms with Gasteiger partial charge in [0.1, 0.15) is 0 Å². The number of hydrogen-bond donors (Lipinski definition) is 1. The molecular weight excluding hydrogens is 194 g/mol. The van der Waals surface area contributed by atoms with E-state index in [0.29, 0.717) is 5.92 Å². The van der Waals surface area contributed by atoms with Crippen LogP contribution >= 0.6 is 0 Å². The Morgan fingerprint density at radius 2 is 1.88 bits per heavy atom. The fourth-order valence-electron chi connectivity index (χ4n) is 1.86. The van der Waals surface area contributed by atoms with E-state index in [-0.39, 0.29) is 0 Å². The van der Waals surface area contributed by atoms with Crippen LogP contribution in [0, 0.1) is 5.92 Å². The maximum Gasteiger partial charge on any atom is -0.00424 e. The number of nitrogens with two attached hydrogens (primary N) is 1. The first kappa shape index (κ1) is 13.0. The van der Waals surface area contributed by atoms with Crippen LogP contribution in [0.2, 0.25) is 0 Å². The molecule has 16 heavy (non-hydrogen) atoms. The molecule has 0 fully saturated rings. The van der Waals surface area contributed by atoms with E-state index in [2.05, 4.69) is 51.1 Å². The molecule has 1 heteroatoms. The standard InChI is InChI=1S/C15H23N/c1-4-13-7-9-14(10-8-13)15(12(2)3)6-5-11-16/h6-10,12H,4-5,11,16H2,1-3H3/b15-6+. The Balaban J connectivity index is 2.93. The third-order valence-electron chi connectivity index (χ3n) is 2.85. The highest BCUT2D eigenvalue weighted by molar-refractivity contribution is 5.67. The lowest BCUT2D eigenvalue weighted by Gasteiger charge is -2.12. The van der Waals surface area contributed by atoms with Gasteiger partial charge in [-0.05, 0) is 42.0 Å².